The summed E-state index contributed by atoms with van der Waals surface area (Å²) in [6, 6.07) is 18.5. The smallest absolute Gasteiger partial charge is 0.165 e. The summed E-state index contributed by atoms with van der Waals surface area (Å²) in [5.74, 6) is 0.593. The van der Waals surface area contributed by atoms with E-state index in [-0.39, 0.29) is 24.2 Å². The topological polar surface area (TPSA) is 83.3 Å². The number of benzene rings is 2. The Bertz CT molecular complexity index is 1270. The van der Waals surface area contributed by atoms with Crippen molar-refractivity contribution in [3.63, 3.8) is 0 Å². The third kappa shape index (κ3) is 3.46. The van der Waals surface area contributed by atoms with Gasteiger partial charge in [-0.2, -0.15) is 0 Å². The highest BCUT2D eigenvalue weighted by Gasteiger charge is 2.55. The van der Waals surface area contributed by atoms with E-state index in [0.29, 0.717) is 24.2 Å². The van der Waals surface area contributed by atoms with Crippen molar-refractivity contribution in [3.05, 3.63) is 94.6 Å². The predicted octanol–water partition coefficient (Wildman–Crippen LogP) is 4.89. The van der Waals surface area contributed by atoms with Crippen molar-refractivity contribution in [1.29, 1.82) is 0 Å². The Kier molecular flexibility index (Phi) is 5.82. The van der Waals surface area contributed by atoms with E-state index in [1.54, 1.807) is 0 Å². The Balaban J connectivity index is 1.79. The number of allylic oxidation sites excluding steroid dienone is 1. The quantitative estimate of drug-likeness (QED) is 0.433. The van der Waals surface area contributed by atoms with Crippen molar-refractivity contribution < 1.29 is 15.0 Å². The molecule has 2 N–H and O–H groups in total. The molecular formula is C29H30N2O3. The Morgan fingerprint density at radius 2 is 1.91 bits per heavy atom. The van der Waals surface area contributed by atoms with Crippen LogP contribution in [0, 0.1) is 18.8 Å². The van der Waals surface area contributed by atoms with Gasteiger partial charge in [-0.15, -0.1) is 0 Å². The molecule has 0 aliphatic heterocycles. The van der Waals surface area contributed by atoms with Gasteiger partial charge in [-0.05, 0) is 55.7 Å². The lowest BCUT2D eigenvalue weighted by Crippen LogP contribution is -2.51. The van der Waals surface area contributed by atoms with Crippen LogP contribution in [0.5, 0.6) is 0 Å². The van der Waals surface area contributed by atoms with Crippen molar-refractivity contribution in [2.75, 3.05) is 6.61 Å². The molecule has 5 nitrogen and oxygen atoms in total. The molecule has 1 fully saturated rings. The molecule has 2 aliphatic rings. The molecule has 1 saturated carbocycles. The average molecular weight is 455 g/mol. The zero-order valence-electron chi connectivity index (χ0n) is 19.7. The first-order chi connectivity index (χ1) is 16.5. The van der Waals surface area contributed by atoms with Crippen LogP contribution in [0.1, 0.15) is 48.0 Å². The minimum Gasteiger partial charge on any atom is -0.515 e. The SMILES string of the molecule is Cc1nc(-c2cccc(CCO)c2)c2c(n1)[C@@]1(c3ccccc3)C/C(=C/O)C(=O)[C@@H](C)[C@@H]1CC2. The third-order valence-corrected chi connectivity index (χ3v) is 7.73. The summed E-state index contributed by atoms with van der Waals surface area (Å²) >= 11 is 0. The zero-order chi connectivity index (χ0) is 23.9. The minimum absolute atomic E-state index is 0.0326. The largest absolute Gasteiger partial charge is 0.515 e. The Labute approximate surface area is 200 Å². The van der Waals surface area contributed by atoms with Crippen LogP contribution < -0.4 is 0 Å². The number of nitrogens with zero attached hydrogens (tertiary/aromatic N) is 2. The Hall–Kier alpha value is -3.31. The van der Waals surface area contributed by atoms with Gasteiger partial charge in [0.15, 0.2) is 5.78 Å². The molecule has 3 atom stereocenters. The summed E-state index contributed by atoms with van der Waals surface area (Å²) in [6.07, 6.45) is 3.67. The lowest BCUT2D eigenvalue weighted by atomic mass is 9.52. The van der Waals surface area contributed by atoms with E-state index in [2.05, 4.69) is 24.3 Å². The molecular weight excluding hydrogens is 424 g/mol. The lowest BCUT2D eigenvalue weighted by Gasteiger charge is -2.51. The van der Waals surface area contributed by atoms with Gasteiger partial charge < -0.3 is 10.2 Å². The summed E-state index contributed by atoms with van der Waals surface area (Å²) in [5.41, 5.74) is 6.18. The molecule has 174 valence electrons. The number of Topliss-reactive ketones (excluding diaryl/α,β-unsaturated/α-hetero) is 1. The van der Waals surface area contributed by atoms with E-state index < -0.39 is 5.41 Å². The summed E-state index contributed by atoms with van der Waals surface area (Å²) in [6.45, 7) is 4.01. The van der Waals surface area contributed by atoms with Gasteiger partial charge in [0, 0.05) is 34.6 Å². The van der Waals surface area contributed by atoms with E-state index in [0.717, 1.165) is 52.7 Å². The summed E-state index contributed by atoms with van der Waals surface area (Å²) in [4.78, 5) is 23.0. The second-order valence-corrected chi connectivity index (χ2v) is 9.59. The number of aliphatic hydroxyl groups is 2. The van der Waals surface area contributed by atoms with E-state index in [4.69, 9.17) is 9.97 Å². The molecule has 0 unspecified atom stereocenters. The molecule has 0 amide bonds. The van der Waals surface area contributed by atoms with Gasteiger partial charge in [-0.25, -0.2) is 9.97 Å². The second kappa shape index (κ2) is 8.80. The molecule has 1 heterocycles. The fourth-order valence-electron chi connectivity index (χ4n) is 6.22. The van der Waals surface area contributed by atoms with E-state index in [9.17, 15) is 15.0 Å². The third-order valence-electron chi connectivity index (χ3n) is 7.73. The highest BCUT2D eigenvalue weighted by Crippen LogP contribution is 2.56. The number of carbonyl (C=O) groups excluding carboxylic acids is 1. The van der Waals surface area contributed by atoms with Crippen LogP contribution in [-0.4, -0.2) is 32.6 Å². The Morgan fingerprint density at radius 1 is 1.12 bits per heavy atom. The van der Waals surface area contributed by atoms with Crippen LogP contribution in [0.25, 0.3) is 11.3 Å². The van der Waals surface area contributed by atoms with Gasteiger partial charge in [0.2, 0.25) is 0 Å². The van der Waals surface area contributed by atoms with Gasteiger partial charge >= 0.3 is 0 Å². The van der Waals surface area contributed by atoms with Crippen molar-refractivity contribution >= 4 is 5.78 Å². The van der Waals surface area contributed by atoms with Gasteiger partial charge in [0.1, 0.15) is 5.82 Å². The number of carbonyl (C=O) groups is 1. The number of aromatic nitrogens is 2. The lowest BCUT2D eigenvalue weighted by molar-refractivity contribution is -0.123. The second-order valence-electron chi connectivity index (χ2n) is 9.59. The van der Waals surface area contributed by atoms with Crippen molar-refractivity contribution in [3.8, 4) is 11.3 Å². The first-order valence-electron chi connectivity index (χ1n) is 12.0. The standard InChI is InChI=1S/C29H30N2O3/c1-18-25-12-11-24-26(21-8-6-7-20(15-21)13-14-32)30-19(2)31-28(24)29(25,16-22(17-33)27(18)34)23-9-4-3-5-10-23/h3-10,15,17-18,25,32-33H,11-14,16H2,1-2H3/b22-17-/t18-,25-,29+/m0/s1. The summed E-state index contributed by atoms with van der Waals surface area (Å²) < 4.78 is 0. The Morgan fingerprint density at radius 3 is 2.65 bits per heavy atom. The van der Waals surface area contributed by atoms with Crippen LogP contribution in [0.4, 0.5) is 0 Å². The average Bonchev–Trinajstić information content (AvgIpc) is 2.86. The molecule has 34 heavy (non-hydrogen) atoms. The fraction of sp³-hybridized carbons (Fsp3) is 0.345. The van der Waals surface area contributed by atoms with Gasteiger partial charge in [-0.3, -0.25) is 4.79 Å². The molecule has 5 heteroatoms. The number of aliphatic hydroxyl groups excluding tert-OH is 2. The maximum absolute atomic E-state index is 13.1. The van der Waals surface area contributed by atoms with Gasteiger partial charge in [-0.1, -0.05) is 55.5 Å². The van der Waals surface area contributed by atoms with E-state index in [1.807, 2.05) is 44.2 Å². The normalized spacial score (nSPS) is 25.1. The number of hydrogen-bond acceptors (Lipinski definition) is 5. The number of rotatable bonds is 4. The molecule has 0 saturated heterocycles. The first-order valence-corrected chi connectivity index (χ1v) is 12.0. The van der Waals surface area contributed by atoms with E-state index in [1.165, 1.54) is 0 Å². The highest BCUT2D eigenvalue weighted by atomic mass is 16.3. The zero-order valence-corrected chi connectivity index (χ0v) is 19.7. The minimum atomic E-state index is -0.512. The van der Waals surface area contributed by atoms with Crippen molar-refractivity contribution in [2.24, 2.45) is 11.8 Å². The molecule has 2 aromatic carbocycles. The number of ketones is 1. The van der Waals surface area contributed by atoms with Gasteiger partial charge in [0.05, 0.1) is 17.6 Å². The van der Waals surface area contributed by atoms with Crippen LogP contribution >= 0.6 is 0 Å². The highest BCUT2D eigenvalue weighted by molar-refractivity contribution is 5.98. The van der Waals surface area contributed by atoms with Crippen molar-refractivity contribution in [1.82, 2.24) is 9.97 Å². The van der Waals surface area contributed by atoms with Crippen LogP contribution in [0.3, 0.4) is 0 Å². The van der Waals surface area contributed by atoms with Crippen LogP contribution in [0.15, 0.2) is 66.4 Å². The van der Waals surface area contributed by atoms with Gasteiger partial charge in [0.25, 0.3) is 0 Å². The summed E-state index contributed by atoms with van der Waals surface area (Å²) in [7, 11) is 0. The maximum Gasteiger partial charge on any atom is 0.165 e. The first kappa shape index (κ1) is 22.5. The fourth-order valence-corrected chi connectivity index (χ4v) is 6.22. The maximum atomic E-state index is 13.1. The molecule has 0 radical (unpaired) electrons. The molecule has 3 aromatic rings. The van der Waals surface area contributed by atoms with Crippen LogP contribution in [0.2, 0.25) is 0 Å². The molecule has 1 aromatic heterocycles. The summed E-state index contributed by atoms with van der Waals surface area (Å²) in [5, 5.41) is 19.4. The molecule has 0 bridgehead atoms. The molecule has 0 spiro atoms. The number of hydrogen-bond donors (Lipinski definition) is 2. The molecule has 2 aliphatic carbocycles. The van der Waals surface area contributed by atoms with Crippen molar-refractivity contribution in [2.45, 2.75) is 44.9 Å². The molecule has 5 rings (SSSR count). The predicted molar refractivity (Wildman–Crippen MR) is 132 cm³/mol. The number of aryl methyl sites for hydroxylation is 1. The van der Waals surface area contributed by atoms with Crippen LogP contribution in [-0.2, 0) is 23.1 Å². The monoisotopic (exact) mass is 454 g/mol. The van der Waals surface area contributed by atoms with E-state index >= 15 is 0 Å². The number of fused-ring (bicyclic) bond motifs is 3.